The van der Waals surface area contributed by atoms with Gasteiger partial charge in [-0.15, -0.1) is 0 Å². The second kappa shape index (κ2) is 4.42. The molecule has 0 saturated heterocycles. The van der Waals surface area contributed by atoms with Gasteiger partial charge in [-0.25, -0.2) is 0 Å². The third-order valence-electron chi connectivity index (χ3n) is 3.32. The van der Waals surface area contributed by atoms with E-state index in [9.17, 15) is 4.79 Å². The summed E-state index contributed by atoms with van der Waals surface area (Å²) >= 11 is 0. The van der Waals surface area contributed by atoms with E-state index in [1.54, 1.807) is 0 Å². The van der Waals surface area contributed by atoms with Gasteiger partial charge in [-0.2, -0.15) is 5.26 Å². The summed E-state index contributed by atoms with van der Waals surface area (Å²) in [5, 5.41) is 8.57. The van der Waals surface area contributed by atoms with Gasteiger partial charge in [0, 0.05) is 12.0 Å². The third kappa shape index (κ3) is 2.36. The Balaban J connectivity index is 2.27. The molecule has 0 atom stereocenters. The Morgan fingerprint density at radius 3 is 2.72 bits per heavy atom. The molecule has 0 saturated carbocycles. The summed E-state index contributed by atoms with van der Waals surface area (Å²) in [5.41, 5.74) is 4.48. The van der Waals surface area contributed by atoms with Crippen LogP contribution in [0.5, 0.6) is 0 Å². The average molecular weight is 239 g/mol. The molecule has 1 aliphatic carbocycles. The Kier molecular flexibility index (Phi) is 3.09. The van der Waals surface area contributed by atoms with Gasteiger partial charge in [0.2, 0.25) is 0 Å². The lowest BCUT2D eigenvalue weighted by Gasteiger charge is -2.19. The van der Waals surface area contributed by atoms with Crippen molar-refractivity contribution in [2.75, 3.05) is 0 Å². The van der Waals surface area contributed by atoms with E-state index in [1.165, 1.54) is 11.1 Å². The van der Waals surface area contributed by atoms with Crippen LogP contribution < -0.4 is 0 Å². The van der Waals surface area contributed by atoms with Crippen molar-refractivity contribution in [3.63, 3.8) is 0 Å². The van der Waals surface area contributed by atoms with E-state index in [1.807, 2.05) is 12.1 Å². The second-order valence-electron chi connectivity index (χ2n) is 5.77. The highest BCUT2D eigenvalue weighted by atomic mass is 16.1. The summed E-state index contributed by atoms with van der Waals surface area (Å²) in [5.74, 6) is -0.0500. The van der Waals surface area contributed by atoms with Crippen molar-refractivity contribution in [3.8, 4) is 6.07 Å². The number of Topliss-reactive ketones (excluding diaryl/α,β-unsaturated/α-hetero) is 1. The number of hydrogen-bond acceptors (Lipinski definition) is 2. The maximum absolute atomic E-state index is 11.7. The van der Waals surface area contributed by atoms with E-state index >= 15 is 0 Å². The highest BCUT2D eigenvalue weighted by Crippen LogP contribution is 2.31. The molecule has 92 valence electrons. The van der Waals surface area contributed by atoms with Crippen molar-refractivity contribution in [1.29, 1.82) is 5.26 Å². The van der Waals surface area contributed by atoms with Gasteiger partial charge in [0.25, 0.3) is 0 Å². The van der Waals surface area contributed by atoms with E-state index in [0.717, 1.165) is 11.1 Å². The first-order valence-electron chi connectivity index (χ1n) is 6.16. The molecule has 0 amide bonds. The smallest absolute Gasteiger partial charge is 0.173 e. The number of allylic oxidation sites excluding steroid dienone is 1. The minimum Gasteiger partial charge on any atom is -0.293 e. The van der Waals surface area contributed by atoms with Gasteiger partial charge < -0.3 is 0 Å². The topological polar surface area (TPSA) is 40.9 Å². The highest BCUT2D eigenvalue weighted by Gasteiger charge is 2.21. The van der Waals surface area contributed by atoms with Crippen LogP contribution >= 0.6 is 0 Å². The number of nitriles is 1. The zero-order valence-electron chi connectivity index (χ0n) is 11.1. The van der Waals surface area contributed by atoms with Crippen LogP contribution in [0.2, 0.25) is 0 Å². The Bertz CT molecular complexity index is 568. The maximum Gasteiger partial charge on any atom is 0.173 e. The molecule has 0 heterocycles. The van der Waals surface area contributed by atoms with Crippen molar-refractivity contribution < 1.29 is 4.79 Å². The van der Waals surface area contributed by atoms with E-state index in [4.69, 9.17) is 5.26 Å². The molecule has 1 aliphatic rings. The molecule has 0 spiro atoms. The summed E-state index contributed by atoms with van der Waals surface area (Å²) in [6.07, 6.45) is 2.56. The minimum absolute atomic E-state index is 0.0219. The number of hydrogen-bond donors (Lipinski definition) is 0. The molecule has 0 bridgehead atoms. The summed E-state index contributed by atoms with van der Waals surface area (Å²) in [7, 11) is 0. The molecule has 2 rings (SSSR count). The van der Waals surface area contributed by atoms with Crippen molar-refractivity contribution >= 4 is 11.9 Å². The lowest BCUT2D eigenvalue weighted by molar-refractivity contribution is -0.114. The fraction of sp³-hybridized carbons (Fsp3) is 0.375. The molecule has 2 nitrogen and oxygen atoms in total. The Morgan fingerprint density at radius 1 is 1.39 bits per heavy atom. The van der Waals surface area contributed by atoms with Gasteiger partial charge in [-0.1, -0.05) is 39.0 Å². The number of ketones is 1. The van der Waals surface area contributed by atoms with E-state index in [-0.39, 0.29) is 17.6 Å². The van der Waals surface area contributed by atoms with E-state index in [0.29, 0.717) is 6.42 Å². The molecule has 1 aromatic rings. The first kappa shape index (κ1) is 12.6. The van der Waals surface area contributed by atoms with Crippen LogP contribution in [0.4, 0.5) is 0 Å². The van der Waals surface area contributed by atoms with Gasteiger partial charge in [0.15, 0.2) is 5.78 Å². The predicted molar refractivity (Wildman–Crippen MR) is 72.1 cm³/mol. The average Bonchev–Trinajstić information content (AvgIpc) is 2.70. The third-order valence-corrected chi connectivity index (χ3v) is 3.32. The van der Waals surface area contributed by atoms with Gasteiger partial charge in [0.1, 0.15) is 0 Å². The molecular weight excluding hydrogens is 222 g/mol. The van der Waals surface area contributed by atoms with Gasteiger partial charge in [-0.3, -0.25) is 4.79 Å². The molecule has 1 aromatic carbocycles. The first-order valence-corrected chi connectivity index (χ1v) is 6.16. The fourth-order valence-electron chi connectivity index (χ4n) is 2.17. The standard InChI is InChI=1S/C16H17NO/c1-16(2,3)14-5-4-11-8-13(9-12(11)10-14)15(18)6-7-17/h4-5,8,10H,6,9H2,1-3H3. The molecule has 0 radical (unpaired) electrons. The molecule has 18 heavy (non-hydrogen) atoms. The van der Waals surface area contributed by atoms with Crippen LogP contribution in [0.15, 0.2) is 23.8 Å². The SMILES string of the molecule is CC(C)(C)c1ccc2c(c1)CC(C(=O)CC#N)=C2. The molecule has 0 unspecified atom stereocenters. The molecule has 0 aliphatic heterocycles. The largest absolute Gasteiger partial charge is 0.293 e. The van der Waals surface area contributed by atoms with Gasteiger partial charge in [-0.05, 0) is 28.2 Å². The lowest BCUT2D eigenvalue weighted by atomic mass is 9.85. The highest BCUT2D eigenvalue weighted by molar-refractivity contribution is 6.02. The number of benzene rings is 1. The molecule has 0 N–H and O–H groups in total. The Morgan fingerprint density at radius 2 is 2.11 bits per heavy atom. The monoisotopic (exact) mass is 239 g/mol. The lowest BCUT2D eigenvalue weighted by Crippen LogP contribution is -2.11. The molecular formula is C16H17NO. The fourth-order valence-corrected chi connectivity index (χ4v) is 2.17. The summed E-state index contributed by atoms with van der Waals surface area (Å²) in [4.78, 5) is 11.7. The molecule has 0 aromatic heterocycles. The van der Waals surface area contributed by atoms with Gasteiger partial charge in [0.05, 0.1) is 12.5 Å². The zero-order chi connectivity index (χ0) is 13.3. The quantitative estimate of drug-likeness (QED) is 0.793. The van der Waals surface area contributed by atoms with Crippen LogP contribution in [0.1, 0.15) is 43.9 Å². The van der Waals surface area contributed by atoms with E-state index in [2.05, 4.69) is 39.0 Å². The number of nitrogens with zero attached hydrogens (tertiary/aromatic N) is 1. The van der Waals surface area contributed by atoms with Crippen molar-refractivity contribution in [2.24, 2.45) is 0 Å². The summed E-state index contributed by atoms with van der Waals surface area (Å²) in [6, 6.07) is 8.29. The number of carbonyl (C=O) groups is 1. The zero-order valence-corrected chi connectivity index (χ0v) is 11.1. The van der Waals surface area contributed by atoms with Crippen molar-refractivity contribution in [3.05, 3.63) is 40.5 Å². The second-order valence-corrected chi connectivity index (χ2v) is 5.77. The minimum atomic E-state index is -0.0500. The van der Waals surface area contributed by atoms with Crippen molar-refractivity contribution in [2.45, 2.75) is 39.0 Å². The molecule has 0 fully saturated rings. The maximum atomic E-state index is 11.7. The van der Waals surface area contributed by atoms with Crippen LogP contribution in [0.25, 0.3) is 6.08 Å². The summed E-state index contributed by atoms with van der Waals surface area (Å²) < 4.78 is 0. The first-order chi connectivity index (χ1) is 8.41. The Labute approximate surface area is 108 Å². The van der Waals surface area contributed by atoms with Crippen LogP contribution in [0, 0.1) is 11.3 Å². The molecule has 2 heteroatoms. The van der Waals surface area contributed by atoms with Crippen LogP contribution in [-0.4, -0.2) is 5.78 Å². The van der Waals surface area contributed by atoms with Crippen LogP contribution in [0.3, 0.4) is 0 Å². The number of rotatable bonds is 2. The normalized spacial score (nSPS) is 13.8. The number of carbonyl (C=O) groups excluding carboxylic acids is 1. The summed E-state index contributed by atoms with van der Waals surface area (Å²) in [6.45, 7) is 6.54. The predicted octanol–water partition coefficient (Wildman–Crippen LogP) is 3.41. The van der Waals surface area contributed by atoms with Crippen LogP contribution in [-0.2, 0) is 16.6 Å². The Hall–Kier alpha value is -1.88. The van der Waals surface area contributed by atoms with E-state index < -0.39 is 0 Å². The van der Waals surface area contributed by atoms with Crippen molar-refractivity contribution in [1.82, 2.24) is 0 Å². The number of fused-ring (bicyclic) bond motifs is 1. The van der Waals surface area contributed by atoms with Gasteiger partial charge >= 0.3 is 0 Å².